The highest BCUT2D eigenvalue weighted by atomic mass is 19.4. The van der Waals surface area contributed by atoms with Crippen LogP contribution in [0, 0.1) is 0 Å². The molecule has 0 unspecified atom stereocenters. The molecular weight excluding hydrogens is 285 g/mol. The average molecular weight is 294 g/mol. The third-order valence-electron chi connectivity index (χ3n) is 3.23. The van der Waals surface area contributed by atoms with Gasteiger partial charge in [-0.1, -0.05) is 0 Å². The van der Waals surface area contributed by atoms with Crippen molar-refractivity contribution in [2.24, 2.45) is 7.05 Å². The van der Waals surface area contributed by atoms with Crippen molar-refractivity contribution < 1.29 is 18.0 Å². The lowest BCUT2D eigenvalue weighted by atomic mass is 10.1. The number of alkyl halides is 3. The number of hydrogen-bond acceptors (Lipinski definition) is 3. The summed E-state index contributed by atoms with van der Waals surface area (Å²) < 4.78 is 40.1. The number of H-pyrrole nitrogens is 1. The number of carbonyl (C=O) groups excluding carboxylic acids is 1. The first-order chi connectivity index (χ1) is 9.91. The molecule has 0 aliphatic heterocycles. The Morgan fingerprint density at radius 3 is 2.76 bits per heavy atom. The number of nitrogens with one attached hydrogen (secondary N) is 1. The van der Waals surface area contributed by atoms with E-state index in [0.29, 0.717) is 23.0 Å². The van der Waals surface area contributed by atoms with E-state index in [1.165, 1.54) is 10.6 Å². The van der Waals surface area contributed by atoms with Gasteiger partial charge in [0, 0.05) is 12.4 Å². The molecule has 0 radical (unpaired) electrons. The highest BCUT2D eigenvalue weighted by Crippen LogP contribution is 2.35. The molecule has 0 aliphatic rings. The molecule has 3 rings (SSSR count). The summed E-state index contributed by atoms with van der Waals surface area (Å²) in [6.45, 7) is 0. The van der Waals surface area contributed by atoms with Gasteiger partial charge in [-0.05, 0) is 18.2 Å². The molecule has 0 saturated heterocycles. The van der Waals surface area contributed by atoms with E-state index in [2.05, 4.69) is 10.1 Å². The summed E-state index contributed by atoms with van der Waals surface area (Å²) in [7, 11) is 1.63. The van der Waals surface area contributed by atoms with E-state index in [0.717, 1.165) is 6.20 Å². The second-order valence-electron chi connectivity index (χ2n) is 4.51. The quantitative estimate of drug-likeness (QED) is 0.739. The predicted octanol–water partition coefficient (Wildman–Crippen LogP) is 2.79. The molecule has 3 aromatic heterocycles. The molecule has 3 heterocycles. The van der Waals surface area contributed by atoms with Crippen LogP contribution in [-0.2, 0) is 13.2 Å². The molecule has 0 bridgehead atoms. The van der Waals surface area contributed by atoms with E-state index in [-0.39, 0.29) is 11.3 Å². The molecule has 8 heteroatoms. The number of pyridine rings is 1. The lowest BCUT2D eigenvalue weighted by molar-refractivity contribution is -0.140. The molecule has 108 valence electrons. The fourth-order valence-electron chi connectivity index (χ4n) is 2.18. The van der Waals surface area contributed by atoms with Crippen molar-refractivity contribution in [2.75, 3.05) is 0 Å². The molecule has 1 N–H and O–H groups in total. The lowest BCUT2D eigenvalue weighted by Gasteiger charge is -2.07. The van der Waals surface area contributed by atoms with Crippen molar-refractivity contribution in [1.82, 2.24) is 19.7 Å². The summed E-state index contributed by atoms with van der Waals surface area (Å²) >= 11 is 0. The summed E-state index contributed by atoms with van der Waals surface area (Å²) in [6.07, 6.45) is -2.79. The normalized spacial score (nSPS) is 12.0. The fourth-order valence-corrected chi connectivity index (χ4v) is 2.18. The van der Waals surface area contributed by atoms with Gasteiger partial charge in [0.05, 0.1) is 23.1 Å². The number of aryl methyl sites for hydroxylation is 1. The minimum atomic E-state index is -4.54. The zero-order chi connectivity index (χ0) is 15.2. The first kappa shape index (κ1) is 13.3. The molecular formula is C13H9F3N4O. The number of rotatable bonds is 2. The minimum absolute atomic E-state index is 0.127. The number of hydrogen-bond donors (Lipinski definition) is 1. The summed E-state index contributed by atoms with van der Waals surface area (Å²) in [5.74, 6) is 0. The van der Waals surface area contributed by atoms with Crippen molar-refractivity contribution >= 4 is 17.3 Å². The highest BCUT2D eigenvalue weighted by molar-refractivity contribution is 5.88. The van der Waals surface area contributed by atoms with Crippen molar-refractivity contribution in [2.45, 2.75) is 6.18 Å². The van der Waals surface area contributed by atoms with E-state index in [4.69, 9.17) is 0 Å². The van der Waals surface area contributed by atoms with Crippen LogP contribution >= 0.6 is 0 Å². The number of halogens is 3. The number of aromatic amines is 1. The van der Waals surface area contributed by atoms with Crippen molar-refractivity contribution in [1.29, 1.82) is 0 Å². The Labute approximate surface area is 116 Å². The molecule has 21 heavy (non-hydrogen) atoms. The third-order valence-corrected chi connectivity index (χ3v) is 3.23. The molecule has 0 saturated carbocycles. The van der Waals surface area contributed by atoms with E-state index < -0.39 is 11.9 Å². The SMILES string of the molecule is Cn1c(C=O)cc2ccc(-c3cn[nH]c3C(F)(F)F)nc21. The standard InChI is InChI=1S/C13H9F3N4O/c1-20-8(6-21)4-7-2-3-10(18-12(7)20)9-5-17-19-11(9)13(14,15)16/h2-6H,1H3,(H,17,19). The van der Waals surface area contributed by atoms with Gasteiger partial charge < -0.3 is 4.57 Å². The Morgan fingerprint density at radius 2 is 2.10 bits per heavy atom. The third kappa shape index (κ3) is 2.08. The Kier molecular flexibility index (Phi) is 2.82. The lowest BCUT2D eigenvalue weighted by Crippen LogP contribution is -2.07. The van der Waals surface area contributed by atoms with Crippen LogP contribution in [0.1, 0.15) is 16.2 Å². The minimum Gasteiger partial charge on any atom is -0.326 e. The number of fused-ring (bicyclic) bond motifs is 1. The number of aldehydes is 1. The topological polar surface area (TPSA) is 63.6 Å². The van der Waals surface area contributed by atoms with Gasteiger partial charge in [0.25, 0.3) is 0 Å². The zero-order valence-corrected chi connectivity index (χ0v) is 10.8. The van der Waals surface area contributed by atoms with Crippen molar-refractivity contribution in [3.8, 4) is 11.3 Å². The molecule has 0 atom stereocenters. The first-order valence-corrected chi connectivity index (χ1v) is 5.94. The largest absolute Gasteiger partial charge is 0.433 e. The molecule has 0 amide bonds. The van der Waals surface area contributed by atoms with Gasteiger partial charge in [0.1, 0.15) is 11.3 Å². The maximum absolute atomic E-state index is 12.9. The van der Waals surface area contributed by atoms with Gasteiger partial charge in [-0.3, -0.25) is 9.89 Å². The second-order valence-corrected chi connectivity index (χ2v) is 4.51. The van der Waals surface area contributed by atoms with E-state index >= 15 is 0 Å². The molecule has 0 fully saturated rings. The summed E-state index contributed by atoms with van der Waals surface area (Å²) in [6, 6.07) is 4.72. The van der Waals surface area contributed by atoms with Crippen LogP contribution < -0.4 is 0 Å². The summed E-state index contributed by atoms with van der Waals surface area (Å²) in [5.41, 5.74) is -0.0959. The number of carbonyl (C=O) groups is 1. The molecule has 0 aromatic carbocycles. The maximum Gasteiger partial charge on any atom is 0.433 e. The average Bonchev–Trinajstić information content (AvgIpc) is 3.03. The van der Waals surface area contributed by atoms with Crippen LogP contribution in [0.5, 0.6) is 0 Å². The second kappa shape index (κ2) is 4.44. The summed E-state index contributed by atoms with van der Waals surface area (Å²) in [5, 5.41) is 6.07. The van der Waals surface area contributed by atoms with Crippen LogP contribution in [0.2, 0.25) is 0 Å². The fraction of sp³-hybridized carbons (Fsp3) is 0.154. The van der Waals surface area contributed by atoms with Gasteiger partial charge in [-0.25, -0.2) is 4.98 Å². The Hall–Kier alpha value is -2.64. The summed E-state index contributed by atoms with van der Waals surface area (Å²) in [4.78, 5) is 15.1. The van der Waals surface area contributed by atoms with E-state index in [9.17, 15) is 18.0 Å². The monoisotopic (exact) mass is 294 g/mol. The van der Waals surface area contributed by atoms with Gasteiger partial charge in [0.15, 0.2) is 6.29 Å². The van der Waals surface area contributed by atoms with Crippen molar-refractivity contribution in [3.63, 3.8) is 0 Å². The predicted molar refractivity (Wildman–Crippen MR) is 68.7 cm³/mol. The Morgan fingerprint density at radius 1 is 1.33 bits per heavy atom. The Balaban J connectivity index is 2.20. The van der Waals surface area contributed by atoms with Crippen LogP contribution in [-0.4, -0.2) is 26.0 Å². The van der Waals surface area contributed by atoms with Gasteiger partial charge in [-0.15, -0.1) is 0 Å². The highest BCUT2D eigenvalue weighted by Gasteiger charge is 2.36. The van der Waals surface area contributed by atoms with Crippen molar-refractivity contribution in [3.05, 3.63) is 35.8 Å². The maximum atomic E-state index is 12.9. The van der Waals surface area contributed by atoms with Crippen LogP contribution in [0.3, 0.4) is 0 Å². The Bertz CT molecular complexity index is 832. The van der Waals surface area contributed by atoms with Gasteiger partial charge in [0.2, 0.25) is 0 Å². The number of aromatic nitrogens is 4. The first-order valence-electron chi connectivity index (χ1n) is 5.94. The van der Waals surface area contributed by atoms with Crippen LogP contribution in [0.4, 0.5) is 13.2 Å². The molecule has 3 aromatic rings. The molecule has 0 aliphatic carbocycles. The smallest absolute Gasteiger partial charge is 0.326 e. The van der Waals surface area contributed by atoms with Crippen LogP contribution in [0.15, 0.2) is 24.4 Å². The van der Waals surface area contributed by atoms with Gasteiger partial charge >= 0.3 is 6.18 Å². The van der Waals surface area contributed by atoms with Crippen LogP contribution in [0.25, 0.3) is 22.3 Å². The zero-order valence-electron chi connectivity index (χ0n) is 10.8. The molecule has 5 nitrogen and oxygen atoms in total. The molecule has 0 spiro atoms. The van der Waals surface area contributed by atoms with E-state index in [1.54, 1.807) is 19.2 Å². The van der Waals surface area contributed by atoms with E-state index in [1.807, 2.05) is 5.10 Å². The van der Waals surface area contributed by atoms with Gasteiger partial charge in [-0.2, -0.15) is 18.3 Å². The number of nitrogens with zero attached hydrogens (tertiary/aromatic N) is 3.